The first-order valence-corrected chi connectivity index (χ1v) is 8.72. The number of aryl methyl sites for hydroxylation is 1. The van der Waals surface area contributed by atoms with Crippen LogP contribution in [0, 0.1) is 0 Å². The lowest BCUT2D eigenvalue weighted by molar-refractivity contribution is 0.0646. The number of rotatable bonds is 9. The highest BCUT2D eigenvalue weighted by Gasteiger charge is 2.05. The molecule has 0 aliphatic rings. The Morgan fingerprint density at radius 2 is 2.08 bits per heavy atom. The van der Waals surface area contributed by atoms with Crippen molar-refractivity contribution in [3.8, 4) is 0 Å². The Bertz CT molecular complexity index is 640. The van der Waals surface area contributed by atoms with Crippen LogP contribution in [-0.4, -0.2) is 40.4 Å². The third-order valence-electron chi connectivity index (χ3n) is 3.78. The molecule has 0 aliphatic heterocycles. The Morgan fingerprint density at radius 3 is 2.76 bits per heavy atom. The maximum absolute atomic E-state index is 5.88. The minimum atomic E-state index is 0.110. The first kappa shape index (κ1) is 18.9. The van der Waals surface area contributed by atoms with E-state index >= 15 is 0 Å². The molecule has 7 heteroatoms. The fourth-order valence-corrected chi connectivity index (χ4v) is 2.31. The van der Waals surface area contributed by atoms with E-state index in [0.29, 0.717) is 13.2 Å². The summed E-state index contributed by atoms with van der Waals surface area (Å²) in [7, 11) is 1.86. The molecule has 1 aromatic heterocycles. The fraction of sp³-hybridized carbons (Fsp3) is 0.500. The number of ether oxygens (including phenoxy) is 1. The van der Waals surface area contributed by atoms with Crippen LogP contribution >= 0.6 is 0 Å². The van der Waals surface area contributed by atoms with Gasteiger partial charge in [0.25, 0.3) is 0 Å². The molecule has 2 rings (SSSR count). The van der Waals surface area contributed by atoms with Crippen LogP contribution in [0.2, 0.25) is 0 Å². The number of hydrogen-bond acceptors (Lipinski definition) is 4. The van der Waals surface area contributed by atoms with Crippen molar-refractivity contribution in [3.63, 3.8) is 0 Å². The van der Waals surface area contributed by atoms with Crippen molar-refractivity contribution in [3.05, 3.63) is 48.0 Å². The second-order valence-corrected chi connectivity index (χ2v) is 5.70. The zero-order valence-corrected chi connectivity index (χ0v) is 15.3. The summed E-state index contributed by atoms with van der Waals surface area (Å²) < 4.78 is 7.61. The van der Waals surface area contributed by atoms with Gasteiger partial charge in [-0.1, -0.05) is 30.3 Å². The zero-order chi connectivity index (χ0) is 17.9. The van der Waals surface area contributed by atoms with E-state index in [1.165, 1.54) is 11.9 Å². The van der Waals surface area contributed by atoms with E-state index in [1.807, 2.05) is 32.2 Å². The average molecular weight is 344 g/mol. The third-order valence-corrected chi connectivity index (χ3v) is 3.78. The minimum Gasteiger partial charge on any atom is -0.374 e. The fourth-order valence-electron chi connectivity index (χ4n) is 2.31. The predicted octanol–water partition coefficient (Wildman–Crippen LogP) is 2.04. The topological polar surface area (TPSA) is 76.4 Å². The summed E-state index contributed by atoms with van der Waals surface area (Å²) in [5.74, 6) is 1.61. The normalized spacial score (nSPS) is 12.8. The van der Waals surface area contributed by atoms with Crippen LogP contribution in [0.15, 0.2) is 41.7 Å². The molecule has 0 spiro atoms. The van der Waals surface area contributed by atoms with Gasteiger partial charge in [0.1, 0.15) is 18.7 Å². The number of benzene rings is 1. The largest absolute Gasteiger partial charge is 0.374 e. The van der Waals surface area contributed by atoms with Crippen molar-refractivity contribution in [2.45, 2.75) is 32.9 Å². The number of nitrogens with one attached hydrogen (secondary N) is 2. The maximum atomic E-state index is 5.88. The molecule has 25 heavy (non-hydrogen) atoms. The lowest BCUT2D eigenvalue weighted by Gasteiger charge is -2.14. The summed E-state index contributed by atoms with van der Waals surface area (Å²) >= 11 is 0. The molecule has 136 valence electrons. The van der Waals surface area contributed by atoms with E-state index in [2.05, 4.69) is 44.8 Å². The summed E-state index contributed by atoms with van der Waals surface area (Å²) in [4.78, 5) is 8.70. The molecule has 0 amide bonds. The van der Waals surface area contributed by atoms with Crippen LogP contribution in [0.3, 0.4) is 0 Å². The van der Waals surface area contributed by atoms with E-state index in [0.717, 1.165) is 31.3 Å². The Labute approximate surface area is 149 Å². The number of aromatic nitrogens is 3. The van der Waals surface area contributed by atoms with Crippen molar-refractivity contribution < 1.29 is 4.74 Å². The molecule has 7 nitrogen and oxygen atoms in total. The van der Waals surface area contributed by atoms with Crippen LogP contribution in [0.25, 0.3) is 0 Å². The van der Waals surface area contributed by atoms with Gasteiger partial charge >= 0.3 is 0 Å². The summed E-state index contributed by atoms with van der Waals surface area (Å²) in [6.45, 7) is 6.93. The molecule has 0 fully saturated rings. The molecular weight excluding hydrogens is 316 g/mol. The molecule has 0 radical (unpaired) electrons. The van der Waals surface area contributed by atoms with Gasteiger partial charge in [0, 0.05) is 26.7 Å². The standard InChI is InChI=1S/C18H28N6O/c1-4-19-18(21-13-17-22-14-23-24(17)3)20-11-8-12-25-15(2)16-9-6-5-7-10-16/h5-7,9-10,14-15H,4,8,11-13H2,1-3H3,(H2,19,20,21). The van der Waals surface area contributed by atoms with Gasteiger partial charge in [-0.2, -0.15) is 5.10 Å². The molecule has 0 saturated carbocycles. The van der Waals surface area contributed by atoms with Crippen LogP contribution in [0.1, 0.15) is 37.8 Å². The predicted molar refractivity (Wildman–Crippen MR) is 99.2 cm³/mol. The van der Waals surface area contributed by atoms with Crippen LogP contribution < -0.4 is 10.6 Å². The second-order valence-electron chi connectivity index (χ2n) is 5.70. The summed E-state index contributed by atoms with van der Waals surface area (Å²) in [6, 6.07) is 10.3. The lowest BCUT2D eigenvalue weighted by Crippen LogP contribution is -2.38. The Hall–Kier alpha value is -2.41. The first-order valence-electron chi connectivity index (χ1n) is 8.72. The highest BCUT2D eigenvalue weighted by molar-refractivity contribution is 5.79. The monoisotopic (exact) mass is 344 g/mol. The van der Waals surface area contributed by atoms with E-state index in [1.54, 1.807) is 4.68 Å². The summed E-state index contributed by atoms with van der Waals surface area (Å²) in [5.41, 5.74) is 1.20. The molecule has 1 atom stereocenters. The smallest absolute Gasteiger partial charge is 0.191 e. The van der Waals surface area contributed by atoms with Crippen molar-refractivity contribution >= 4 is 5.96 Å². The molecule has 0 saturated heterocycles. The van der Waals surface area contributed by atoms with E-state index in [-0.39, 0.29) is 6.10 Å². The number of hydrogen-bond donors (Lipinski definition) is 2. The Kier molecular flexibility index (Phi) is 7.91. The van der Waals surface area contributed by atoms with Gasteiger partial charge in [0.15, 0.2) is 5.96 Å². The van der Waals surface area contributed by atoms with Crippen LogP contribution in [0.5, 0.6) is 0 Å². The molecule has 2 aromatic rings. The molecule has 2 N–H and O–H groups in total. The van der Waals surface area contributed by atoms with Crippen LogP contribution in [0.4, 0.5) is 0 Å². The first-order chi connectivity index (χ1) is 12.2. The van der Waals surface area contributed by atoms with Crippen molar-refractivity contribution in [2.75, 3.05) is 19.7 Å². The van der Waals surface area contributed by atoms with Gasteiger partial charge in [0.2, 0.25) is 0 Å². The van der Waals surface area contributed by atoms with Gasteiger partial charge in [0.05, 0.1) is 6.10 Å². The molecule has 0 bridgehead atoms. The quantitative estimate of drug-likeness (QED) is 0.414. The van der Waals surface area contributed by atoms with E-state index < -0.39 is 0 Å². The van der Waals surface area contributed by atoms with Gasteiger partial charge in [-0.3, -0.25) is 4.68 Å². The van der Waals surface area contributed by atoms with Gasteiger partial charge in [-0.15, -0.1) is 0 Å². The third kappa shape index (κ3) is 6.54. The van der Waals surface area contributed by atoms with Gasteiger partial charge in [-0.05, 0) is 25.8 Å². The Morgan fingerprint density at radius 1 is 1.28 bits per heavy atom. The second kappa shape index (κ2) is 10.5. The van der Waals surface area contributed by atoms with Crippen molar-refractivity contribution in [2.24, 2.45) is 12.0 Å². The van der Waals surface area contributed by atoms with Gasteiger partial charge in [-0.25, -0.2) is 9.98 Å². The van der Waals surface area contributed by atoms with Crippen molar-refractivity contribution in [1.82, 2.24) is 25.4 Å². The summed E-state index contributed by atoms with van der Waals surface area (Å²) in [6.07, 6.45) is 2.56. The van der Waals surface area contributed by atoms with E-state index in [4.69, 9.17) is 4.74 Å². The average Bonchev–Trinajstić information content (AvgIpc) is 3.04. The zero-order valence-electron chi connectivity index (χ0n) is 15.3. The number of aliphatic imine (C=N–C) groups is 1. The minimum absolute atomic E-state index is 0.110. The Balaban J connectivity index is 1.69. The van der Waals surface area contributed by atoms with Gasteiger partial charge < -0.3 is 15.4 Å². The lowest BCUT2D eigenvalue weighted by atomic mass is 10.1. The highest BCUT2D eigenvalue weighted by Crippen LogP contribution is 2.15. The molecular formula is C18H28N6O. The number of nitrogens with zero attached hydrogens (tertiary/aromatic N) is 4. The maximum Gasteiger partial charge on any atom is 0.191 e. The SMILES string of the molecule is CCNC(=NCc1ncnn1C)NCCCOC(C)c1ccccc1. The molecule has 1 aromatic carbocycles. The molecule has 1 heterocycles. The van der Waals surface area contributed by atoms with Crippen LogP contribution in [-0.2, 0) is 18.3 Å². The van der Waals surface area contributed by atoms with E-state index in [9.17, 15) is 0 Å². The molecule has 0 aliphatic carbocycles. The number of guanidine groups is 1. The highest BCUT2D eigenvalue weighted by atomic mass is 16.5. The van der Waals surface area contributed by atoms with Crippen molar-refractivity contribution in [1.29, 1.82) is 0 Å². The molecule has 1 unspecified atom stereocenters. The summed E-state index contributed by atoms with van der Waals surface area (Å²) in [5, 5.41) is 10.6.